The van der Waals surface area contributed by atoms with E-state index < -0.39 is 6.10 Å². The van der Waals surface area contributed by atoms with Gasteiger partial charge in [-0.3, -0.25) is 9.59 Å². The van der Waals surface area contributed by atoms with Crippen molar-refractivity contribution in [3.05, 3.63) is 59.7 Å². The molecule has 2 aromatic rings. The number of nitrogens with one attached hydrogen (secondary N) is 2. The molecule has 0 aromatic heterocycles. The highest BCUT2D eigenvalue weighted by molar-refractivity contribution is 6.04. The van der Waals surface area contributed by atoms with Crippen molar-refractivity contribution in [1.82, 2.24) is 5.32 Å². The van der Waals surface area contributed by atoms with Gasteiger partial charge in [-0.05, 0) is 44.5 Å². The summed E-state index contributed by atoms with van der Waals surface area (Å²) in [4.78, 5) is 24.7. The highest BCUT2D eigenvalue weighted by atomic mass is 16.5. The summed E-state index contributed by atoms with van der Waals surface area (Å²) in [6.07, 6.45) is -0.117. The molecular formula is C20H24N2O3. The first-order valence-corrected chi connectivity index (χ1v) is 8.46. The Morgan fingerprint density at radius 3 is 2.36 bits per heavy atom. The molecule has 2 amide bonds. The van der Waals surface area contributed by atoms with E-state index in [1.165, 1.54) is 0 Å². The Kier molecular flexibility index (Phi) is 6.57. The molecule has 2 aromatic carbocycles. The maximum absolute atomic E-state index is 12.6. The summed E-state index contributed by atoms with van der Waals surface area (Å²) in [7, 11) is 0. The maximum atomic E-state index is 12.6. The second kappa shape index (κ2) is 8.87. The van der Waals surface area contributed by atoms with E-state index in [-0.39, 0.29) is 11.8 Å². The summed E-state index contributed by atoms with van der Waals surface area (Å²) < 4.78 is 5.79. The van der Waals surface area contributed by atoms with Crippen LogP contribution in [0.2, 0.25) is 0 Å². The largest absolute Gasteiger partial charge is 0.481 e. The first kappa shape index (κ1) is 18.5. The summed E-state index contributed by atoms with van der Waals surface area (Å²) in [5.41, 5.74) is 2.04. The highest BCUT2D eigenvalue weighted by Gasteiger charge is 2.20. The predicted molar refractivity (Wildman–Crippen MR) is 99.0 cm³/mol. The molecular weight excluding hydrogens is 316 g/mol. The number of benzene rings is 2. The third-order valence-electron chi connectivity index (χ3n) is 3.73. The molecule has 0 aliphatic rings. The van der Waals surface area contributed by atoms with E-state index in [1.807, 2.05) is 45.0 Å². The number of amides is 2. The first-order chi connectivity index (χ1) is 12.0. The smallest absolute Gasteiger partial charge is 0.265 e. The number of hydrogen-bond donors (Lipinski definition) is 2. The molecule has 0 heterocycles. The van der Waals surface area contributed by atoms with Crippen molar-refractivity contribution in [2.24, 2.45) is 0 Å². The Balaban J connectivity index is 2.11. The van der Waals surface area contributed by atoms with E-state index in [0.717, 1.165) is 5.56 Å². The Bertz CT molecular complexity index is 726. The van der Waals surface area contributed by atoms with Gasteiger partial charge in [0.05, 0.1) is 11.3 Å². The molecule has 132 valence electrons. The maximum Gasteiger partial charge on any atom is 0.265 e. The first-order valence-electron chi connectivity index (χ1n) is 8.46. The van der Waals surface area contributed by atoms with Crippen LogP contribution in [0.5, 0.6) is 5.75 Å². The second-order valence-electron chi connectivity index (χ2n) is 5.72. The number of rotatable bonds is 7. The third-order valence-corrected chi connectivity index (χ3v) is 3.73. The van der Waals surface area contributed by atoms with Gasteiger partial charge in [0, 0.05) is 6.54 Å². The molecule has 0 aliphatic carbocycles. The van der Waals surface area contributed by atoms with Crippen LogP contribution < -0.4 is 15.4 Å². The van der Waals surface area contributed by atoms with Crippen LogP contribution >= 0.6 is 0 Å². The molecule has 5 nitrogen and oxygen atoms in total. The average molecular weight is 340 g/mol. The number of ether oxygens (including phenoxy) is 1. The van der Waals surface area contributed by atoms with Crippen molar-refractivity contribution >= 4 is 17.5 Å². The molecule has 1 atom stereocenters. The Hall–Kier alpha value is -2.82. The normalized spacial score (nSPS) is 11.5. The molecule has 0 saturated carbocycles. The van der Waals surface area contributed by atoms with Crippen LogP contribution in [0.15, 0.2) is 48.5 Å². The number of aryl methyl sites for hydroxylation is 1. The van der Waals surface area contributed by atoms with Crippen molar-refractivity contribution in [2.75, 3.05) is 11.9 Å². The van der Waals surface area contributed by atoms with Crippen LogP contribution in [-0.4, -0.2) is 24.5 Å². The summed E-state index contributed by atoms with van der Waals surface area (Å²) >= 11 is 0. The lowest BCUT2D eigenvalue weighted by Crippen LogP contribution is -2.33. The average Bonchev–Trinajstić information content (AvgIpc) is 2.61. The van der Waals surface area contributed by atoms with Gasteiger partial charge in [-0.2, -0.15) is 0 Å². The second-order valence-corrected chi connectivity index (χ2v) is 5.72. The lowest BCUT2D eigenvalue weighted by atomic mass is 10.1. The van der Waals surface area contributed by atoms with Gasteiger partial charge >= 0.3 is 0 Å². The van der Waals surface area contributed by atoms with E-state index in [2.05, 4.69) is 10.6 Å². The highest BCUT2D eigenvalue weighted by Crippen LogP contribution is 2.18. The van der Waals surface area contributed by atoms with E-state index in [0.29, 0.717) is 30.0 Å². The van der Waals surface area contributed by atoms with Crippen LogP contribution in [0, 0.1) is 6.92 Å². The zero-order valence-corrected chi connectivity index (χ0v) is 14.8. The Morgan fingerprint density at radius 2 is 1.72 bits per heavy atom. The molecule has 5 heteroatoms. The van der Waals surface area contributed by atoms with Gasteiger partial charge in [-0.25, -0.2) is 0 Å². The fourth-order valence-corrected chi connectivity index (χ4v) is 2.36. The topological polar surface area (TPSA) is 67.4 Å². The molecule has 0 saturated heterocycles. The SMILES string of the molecule is CCNC(=O)c1ccccc1NC(=O)C(CC)Oc1ccc(C)cc1. The molecule has 0 fully saturated rings. The zero-order valence-electron chi connectivity index (χ0n) is 14.8. The summed E-state index contributed by atoms with van der Waals surface area (Å²) in [6.45, 7) is 6.25. The quantitative estimate of drug-likeness (QED) is 0.810. The number of para-hydroxylation sites is 1. The standard InChI is InChI=1S/C20H24N2O3/c1-4-18(25-15-12-10-14(3)11-13-15)20(24)22-17-9-7-6-8-16(17)19(23)21-5-2/h6-13,18H,4-5H2,1-3H3,(H,21,23)(H,22,24). The summed E-state index contributed by atoms with van der Waals surface area (Å²) in [6, 6.07) is 14.5. The number of hydrogen-bond acceptors (Lipinski definition) is 3. The lowest BCUT2D eigenvalue weighted by Gasteiger charge is -2.18. The predicted octanol–water partition coefficient (Wildman–Crippen LogP) is 3.54. The van der Waals surface area contributed by atoms with Crippen molar-refractivity contribution in [1.29, 1.82) is 0 Å². The zero-order chi connectivity index (χ0) is 18.2. The van der Waals surface area contributed by atoms with Crippen molar-refractivity contribution in [3.8, 4) is 5.75 Å². The van der Waals surface area contributed by atoms with Crippen molar-refractivity contribution in [2.45, 2.75) is 33.3 Å². The van der Waals surface area contributed by atoms with E-state index >= 15 is 0 Å². The lowest BCUT2D eigenvalue weighted by molar-refractivity contribution is -0.122. The summed E-state index contributed by atoms with van der Waals surface area (Å²) in [5, 5.41) is 5.55. The summed E-state index contributed by atoms with van der Waals surface area (Å²) in [5.74, 6) is 0.148. The van der Waals surface area contributed by atoms with Gasteiger partial charge in [-0.15, -0.1) is 0 Å². The number of carbonyl (C=O) groups excluding carboxylic acids is 2. The van der Waals surface area contributed by atoms with Crippen LogP contribution in [0.1, 0.15) is 36.2 Å². The minimum Gasteiger partial charge on any atom is -0.481 e. The fourth-order valence-electron chi connectivity index (χ4n) is 2.36. The van der Waals surface area contributed by atoms with Gasteiger partial charge in [0.2, 0.25) is 0 Å². The van der Waals surface area contributed by atoms with Crippen LogP contribution in [0.4, 0.5) is 5.69 Å². The fraction of sp³-hybridized carbons (Fsp3) is 0.300. The Morgan fingerprint density at radius 1 is 1.04 bits per heavy atom. The molecule has 0 aliphatic heterocycles. The van der Waals surface area contributed by atoms with Crippen LogP contribution in [0.3, 0.4) is 0 Å². The van der Waals surface area contributed by atoms with Crippen LogP contribution in [-0.2, 0) is 4.79 Å². The van der Waals surface area contributed by atoms with Gasteiger partial charge < -0.3 is 15.4 Å². The number of anilines is 1. The van der Waals surface area contributed by atoms with E-state index in [9.17, 15) is 9.59 Å². The monoisotopic (exact) mass is 340 g/mol. The van der Waals surface area contributed by atoms with E-state index in [4.69, 9.17) is 4.74 Å². The van der Waals surface area contributed by atoms with E-state index in [1.54, 1.807) is 24.3 Å². The molecule has 0 spiro atoms. The minimum absolute atomic E-state index is 0.217. The molecule has 25 heavy (non-hydrogen) atoms. The van der Waals surface area contributed by atoms with Gasteiger partial charge in [0.15, 0.2) is 6.10 Å². The third kappa shape index (κ3) is 5.08. The van der Waals surface area contributed by atoms with Crippen molar-refractivity contribution in [3.63, 3.8) is 0 Å². The van der Waals surface area contributed by atoms with Gasteiger partial charge in [0.25, 0.3) is 11.8 Å². The number of carbonyl (C=O) groups is 2. The molecule has 2 N–H and O–H groups in total. The van der Waals surface area contributed by atoms with Gasteiger partial charge in [-0.1, -0.05) is 36.8 Å². The Labute approximate surface area is 148 Å². The molecule has 2 rings (SSSR count). The van der Waals surface area contributed by atoms with Gasteiger partial charge in [0.1, 0.15) is 5.75 Å². The minimum atomic E-state index is -0.634. The molecule has 1 unspecified atom stereocenters. The molecule has 0 radical (unpaired) electrons. The van der Waals surface area contributed by atoms with Crippen LogP contribution in [0.25, 0.3) is 0 Å². The van der Waals surface area contributed by atoms with Crippen molar-refractivity contribution < 1.29 is 14.3 Å². The molecule has 0 bridgehead atoms.